The van der Waals surface area contributed by atoms with Gasteiger partial charge in [0.05, 0.1) is 14.1 Å². The maximum Gasteiger partial charge on any atom is 0.334 e. The van der Waals surface area contributed by atoms with Gasteiger partial charge < -0.3 is 23.4 Å². The Kier molecular flexibility index (Phi) is 5.88. The third-order valence-electron chi connectivity index (χ3n) is 6.95. The number of esters is 2. The molecule has 0 spiro atoms. The second kappa shape index (κ2) is 8.29. The number of epoxide rings is 1. The lowest BCUT2D eigenvalue weighted by molar-refractivity contribution is -0.938. The summed E-state index contributed by atoms with van der Waals surface area (Å²) in [6, 6.07) is 10.1. The summed E-state index contributed by atoms with van der Waals surface area (Å²) < 4.78 is 23.4. The van der Waals surface area contributed by atoms with Gasteiger partial charge in [0.1, 0.15) is 42.9 Å². The van der Waals surface area contributed by atoms with E-state index in [-0.39, 0.29) is 18.7 Å². The van der Waals surface area contributed by atoms with Crippen LogP contribution >= 0.6 is 0 Å². The summed E-state index contributed by atoms with van der Waals surface area (Å²) in [4.78, 5) is 25.3. The molecule has 30 heavy (non-hydrogen) atoms. The van der Waals surface area contributed by atoms with Crippen molar-refractivity contribution in [3.05, 3.63) is 35.9 Å². The number of hydrogen-bond acceptors (Lipinski definition) is 6. The van der Waals surface area contributed by atoms with Crippen LogP contribution in [0.25, 0.3) is 0 Å². The van der Waals surface area contributed by atoms with Gasteiger partial charge in [-0.3, -0.25) is 4.79 Å². The summed E-state index contributed by atoms with van der Waals surface area (Å²) in [5.41, 5.74) is 0.778. The van der Waals surface area contributed by atoms with Crippen LogP contribution in [0.15, 0.2) is 30.3 Å². The van der Waals surface area contributed by atoms with Crippen molar-refractivity contribution in [1.82, 2.24) is 0 Å². The molecule has 164 valence electrons. The maximum absolute atomic E-state index is 13.1. The Bertz CT molecular complexity index is 761. The number of nitrogens with zero attached hydrogens (tertiary/aromatic N) is 1. The molecule has 0 aliphatic carbocycles. The summed E-state index contributed by atoms with van der Waals surface area (Å²) in [7, 11) is 4.49. The SMILES string of the molecule is CCO[C@H](C)C(=O)OC[C@@H](C(=O)OC1C[C@@H]2[C@@H]3O[C@@H]3[C@@H](C1)[N+]2(C)C)c1ccccc1. The van der Waals surface area contributed by atoms with E-state index in [1.165, 1.54) is 0 Å². The molecule has 3 heterocycles. The van der Waals surface area contributed by atoms with E-state index in [0.29, 0.717) is 30.9 Å². The van der Waals surface area contributed by atoms with Crippen LogP contribution in [0.2, 0.25) is 0 Å². The predicted octanol–water partition coefficient (Wildman–Crippen LogP) is 2.04. The molecule has 0 N–H and O–H groups in total. The summed E-state index contributed by atoms with van der Waals surface area (Å²) in [6.07, 6.45) is 1.43. The second-order valence-electron chi connectivity index (χ2n) is 9.05. The normalized spacial score (nSPS) is 32.6. The zero-order valence-corrected chi connectivity index (χ0v) is 18.2. The number of piperidine rings is 1. The average Bonchev–Trinajstić information content (AvgIpc) is 3.47. The van der Waals surface area contributed by atoms with Gasteiger partial charge in [0, 0.05) is 19.4 Å². The van der Waals surface area contributed by atoms with Crippen LogP contribution in [0.4, 0.5) is 0 Å². The zero-order valence-electron chi connectivity index (χ0n) is 18.2. The quantitative estimate of drug-likeness (QED) is 0.365. The highest BCUT2D eigenvalue weighted by Crippen LogP contribution is 2.51. The smallest absolute Gasteiger partial charge is 0.334 e. The predicted molar refractivity (Wildman–Crippen MR) is 109 cm³/mol. The Morgan fingerprint density at radius 2 is 1.73 bits per heavy atom. The van der Waals surface area contributed by atoms with E-state index in [2.05, 4.69) is 14.1 Å². The van der Waals surface area contributed by atoms with Crippen molar-refractivity contribution in [3.63, 3.8) is 0 Å². The van der Waals surface area contributed by atoms with E-state index in [1.54, 1.807) is 6.92 Å². The molecular formula is C23H32NO6+. The number of carbonyl (C=O) groups is 2. The van der Waals surface area contributed by atoms with Crippen LogP contribution in [0.3, 0.4) is 0 Å². The fourth-order valence-corrected chi connectivity index (χ4v) is 5.13. The summed E-state index contributed by atoms with van der Waals surface area (Å²) in [6.45, 7) is 3.83. The van der Waals surface area contributed by atoms with Crippen molar-refractivity contribution in [2.45, 2.75) is 69.1 Å². The van der Waals surface area contributed by atoms with Gasteiger partial charge in [0.25, 0.3) is 0 Å². The van der Waals surface area contributed by atoms with Crippen molar-refractivity contribution in [1.29, 1.82) is 0 Å². The van der Waals surface area contributed by atoms with E-state index >= 15 is 0 Å². The first-order valence-electron chi connectivity index (χ1n) is 10.8. The van der Waals surface area contributed by atoms with Crippen LogP contribution < -0.4 is 0 Å². The zero-order chi connectivity index (χ0) is 21.5. The van der Waals surface area contributed by atoms with Crippen molar-refractivity contribution in [2.75, 3.05) is 27.3 Å². The van der Waals surface area contributed by atoms with E-state index in [1.807, 2.05) is 37.3 Å². The number of rotatable bonds is 8. The molecule has 0 amide bonds. The average molecular weight is 419 g/mol. The van der Waals surface area contributed by atoms with Gasteiger partial charge in [0.2, 0.25) is 0 Å². The monoisotopic (exact) mass is 418 g/mol. The molecule has 1 unspecified atom stereocenters. The molecule has 0 aromatic heterocycles. The third kappa shape index (κ3) is 3.98. The van der Waals surface area contributed by atoms with Crippen LogP contribution in [-0.2, 0) is 28.5 Å². The number of ether oxygens (including phenoxy) is 4. The van der Waals surface area contributed by atoms with Crippen molar-refractivity contribution in [3.8, 4) is 0 Å². The summed E-state index contributed by atoms with van der Waals surface area (Å²) in [5, 5.41) is 0. The number of fused-ring (bicyclic) bond motifs is 5. The third-order valence-corrected chi connectivity index (χ3v) is 6.95. The van der Waals surface area contributed by atoms with Gasteiger partial charge in [-0.05, 0) is 19.4 Å². The summed E-state index contributed by atoms with van der Waals surface area (Å²) >= 11 is 0. The highest BCUT2D eigenvalue weighted by atomic mass is 16.6. The molecule has 3 fully saturated rings. The molecule has 3 saturated heterocycles. The lowest BCUT2D eigenvalue weighted by atomic mass is 9.95. The van der Waals surface area contributed by atoms with E-state index in [0.717, 1.165) is 22.9 Å². The topological polar surface area (TPSA) is 74.4 Å². The Balaban J connectivity index is 1.41. The molecule has 7 atom stereocenters. The molecule has 4 rings (SSSR count). The molecule has 0 radical (unpaired) electrons. The number of morpholine rings is 1. The number of hydrogen-bond donors (Lipinski definition) is 0. The van der Waals surface area contributed by atoms with Crippen LogP contribution in [0.1, 0.15) is 38.2 Å². The number of benzene rings is 1. The van der Waals surface area contributed by atoms with E-state index in [4.69, 9.17) is 18.9 Å². The fourth-order valence-electron chi connectivity index (χ4n) is 5.13. The van der Waals surface area contributed by atoms with E-state index in [9.17, 15) is 9.59 Å². The highest BCUT2D eigenvalue weighted by Gasteiger charge is 2.70. The van der Waals surface area contributed by atoms with Crippen LogP contribution in [0, 0.1) is 0 Å². The second-order valence-corrected chi connectivity index (χ2v) is 9.05. The fraction of sp³-hybridized carbons (Fsp3) is 0.652. The summed E-state index contributed by atoms with van der Waals surface area (Å²) in [5.74, 6) is -1.47. The van der Waals surface area contributed by atoms with Gasteiger partial charge in [0.15, 0.2) is 6.10 Å². The van der Waals surface area contributed by atoms with Crippen molar-refractivity contribution >= 4 is 11.9 Å². The molecule has 3 aliphatic rings. The standard InChI is InChI=1S/C23H32NO6/c1-5-27-14(2)22(25)28-13-17(15-9-7-6-8-10-15)23(26)29-16-11-18-20-21(30-20)19(12-16)24(18,3)4/h6-10,14,16-21H,5,11-13H2,1-4H3/q+1/t14-,16?,17-,18-,19-,20-,21+/m1/s1. The molecule has 1 aromatic carbocycles. The molecular weight excluding hydrogens is 386 g/mol. The van der Waals surface area contributed by atoms with E-state index < -0.39 is 18.0 Å². The Morgan fingerprint density at radius 3 is 2.33 bits per heavy atom. The Hall–Kier alpha value is -1.96. The minimum Gasteiger partial charge on any atom is -0.462 e. The van der Waals surface area contributed by atoms with Gasteiger partial charge >= 0.3 is 11.9 Å². The molecule has 3 aliphatic heterocycles. The lowest BCUT2D eigenvalue weighted by Crippen LogP contribution is -2.60. The molecule has 7 heteroatoms. The molecule has 7 nitrogen and oxygen atoms in total. The molecule has 1 aromatic rings. The maximum atomic E-state index is 13.1. The van der Waals surface area contributed by atoms with Crippen LogP contribution in [0.5, 0.6) is 0 Å². The number of likely N-dealkylation sites (N-methyl/N-ethyl adjacent to an activating group) is 1. The van der Waals surface area contributed by atoms with Crippen LogP contribution in [-0.4, -0.2) is 80.2 Å². The Labute approximate surface area is 177 Å². The highest BCUT2D eigenvalue weighted by molar-refractivity contribution is 5.80. The number of quaternary nitrogens is 1. The first kappa shape index (κ1) is 21.3. The van der Waals surface area contributed by atoms with Gasteiger partial charge in [-0.15, -0.1) is 0 Å². The first-order chi connectivity index (χ1) is 14.3. The number of carbonyl (C=O) groups excluding carboxylic acids is 2. The van der Waals surface area contributed by atoms with Crippen molar-refractivity contribution < 1.29 is 33.0 Å². The lowest BCUT2D eigenvalue weighted by Gasteiger charge is -2.45. The van der Waals surface area contributed by atoms with Gasteiger partial charge in [-0.25, -0.2) is 4.79 Å². The van der Waals surface area contributed by atoms with Gasteiger partial charge in [-0.1, -0.05) is 30.3 Å². The van der Waals surface area contributed by atoms with Crippen molar-refractivity contribution in [2.24, 2.45) is 0 Å². The molecule has 2 bridgehead atoms. The van der Waals surface area contributed by atoms with Gasteiger partial charge in [-0.2, -0.15) is 0 Å². The molecule has 0 saturated carbocycles. The minimum absolute atomic E-state index is 0.0609. The Morgan fingerprint density at radius 1 is 1.10 bits per heavy atom. The minimum atomic E-state index is -0.664. The largest absolute Gasteiger partial charge is 0.462 e. The first-order valence-corrected chi connectivity index (χ1v) is 10.8.